The van der Waals surface area contributed by atoms with Gasteiger partial charge in [0.25, 0.3) is 0 Å². The Morgan fingerprint density at radius 1 is 1.12 bits per heavy atom. The van der Waals surface area contributed by atoms with E-state index in [1.807, 2.05) is 12.1 Å². The molecule has 5 nitrogen and oxygen atoms in total. The number of carbonyl (C=O) groups is 2. The van der Waals surface area contributed by atoms with E-state index < -0.39 is 5.60 Å². The molecule has 1 aromatic carbocycles. The average Bonchev–Trinajstić information content (AvgIpc) is 3.05. The van der Waals surface area contributed by atoms with Crippen molar-refractivity contribution in [1.29, 1.82) is 0 Å². The van der Waals surface area contributed by atoms with Gasteiger partial charge in [-0.3, -0.25) is 9.59 Å². The molecule has 134 valence electrons. The van der Waals surface area contributed by atoms with Crippen molar-refractivity contribution >= 4 is 11.7 Å². The Bertz CT molecular complexity index is 728. The molecule has 2 rings (SSSR count). The highest BCUT2D eigenvalue weighted by Crippen LogP contribution is 2.22. The highest BCUT2D eigenvalue weighted by atomic mass is 16.4. The van der Waals surface area contributed by atoms with Crippen molar-refractivity contribution in [3.05, 3.63) is 59.0 Å². The second-order valence-electron chi connectivity index (χ2n) is 6.43. The highest BCUT2D eigenvalue weighted by molar-refractivity contribution is 5.97. The molecule has 0 spiro atoms. The molecule has 1 unspecified atom stereocenters. The number of ketones is 1. The lowest BCUT2D eigenvalue weighted by molar-refractivity contribution is -0.122. The topological polar surface area (TPSA) is 79.5 Å². The van der Waals surface area contributed by atoms with Crippen LogP contribution in [-0.2, 0) is 16.8 Å². The Morgan fingerprint density at radius 3 is 2.36 bits per heavy atom. The Morgan fingerprint density at radius 2 is 1.80 bits per heavy atom. The van der Waals surface area contributed by atoms with Crippen LogP contribution in [0.5, 0.6) is 0 Å². The number of benzene rings is 1. The summed E-state index contributed by atoms with van der Waals surface area (Å²) in [6, 6.07) is 10.9. The van der Waals surface area contributed by atoms with Crippen LogP contribution in [-0.4, -0.2) is 23.3 Å². The molecule has 2 N–H and O–H groups in total. The monoisotopic (exact) mass is 343 g/mol. The molecule has 0 aliphatic rings. The highest BCUT2D eigenvalue weighted by Gasteiger charge is 2.27. The summed E-state index contributed by atoms with van der Waals surface area (Å²) < 4.78 is 5.40. The molecule has 0 fully saturated rings. The molecular formula is C20H25NO4. The van der Waals surface area contributed by atoms with Crippen LogP contribution in [0.1, 0.15) is 54.1 Å². The van der Waals surface area contributed by atoms with E-state index in [1.165, 1.54) is 5.56 Å². The molecule has 5 heteroatoms. The van der Waals surface area contributed by atoms with E-state index in [9.17, 15) is 14.7 Å². The van der Waals surface area contributed by atoms with Gasteiger partial charge in [0.15, 0.2) is 5.78 Å². The fraction of sp³-hybridized carbons (Fsp3) is 0.400. The summed E-state index contributed by atoms with van der Waals surface area (Å²) in [6.45, 7) is 5.45. The zero-order valence-corrected chi connectivity index (χ0v) is 15.0. The summed E-state index contributed by atoms with van der Waals surface area (Å²) >= 11 is 0. The third kappa shape index (κ3) is 5.29. The van der Waals surface area contributed by atoms with E-state index in [-0.39, 0.29) is 31.1 Å². The van der Waals surface area contributed by atoms with E-state index >= 15 is 0 Å². The first-order valence-corrected chi connectivity index (χ1v) is 8.50. The van der Waals surface area contributed by atoms with Gasteiger partial charge in [-0.1, -0.05) is 31.2 Å². The van der Waals surface area contributed by atoms with E-state index in [4.69, 9.17) is 4.42 Å². The van der Waals surface area contributed by atoms with Crippen LogP contribution in [0.2, 0.25) is 0 Å². The summed E-state index contributed by atoms with van der Waals surface area (Å²) in [4.78, 5) is 24.1. The van der Waals surface area contributed by atoms with E-state index in [0.29, 0.717) is 17.1 Å². The van der Waals surface area contributed by atoms with Crippen LogP contribution in [0.15, 0.2) is 40.8 Å². The number of carbonyl (C=O) groups excluding carboxylic acids is 2. The van der Waals surface area contributed by atoms with Gasteiger partial charge >= 0.3 is 0 Å². The predicted molar refractivity (Wildman–Crippen MR) is 95.4 cm³/mol. The maximum absolute atomic E-state index is 12.1. The van der Waals surface area contributed by atoms with Gasteiger partial charge in [-0.25, -0.2) is 0 Å². The van der Waals surface area contributed by atoms with E-state index in [2.05, 4.69) is 12.2 Å². The van der Waals surface area contributed by atoms with Gasteiger partial charge in [-0.05, 0) is 38.0 Å². The largest absolute Gasteiger partial charge is 0.463 e. The second kappa shape index (κ2) is 8.12. The fourth-order valence-corrected chi connectivity index (χ4v) is 2.47. The van der Waals surface area contributed by atoms with Crippen molar-refractivity contribution in [1.82, 2.24) is 5.32 Å². The van der Waals surface area contributed by atoms with Gasteiger partial charge in [-0.15, -0.1) is 0 Å². The fourth-order valence-electron chi connectivity index (χ4n) is 2.47. The van der Waals surface area contributed by atoms with Crippen molar-refractivity contribution in [2.75, 3.05) is 6.54 Å². The van der Waals surface area contributed by atoms with Gasteiger partial charge in [-0.2, -0.15) is 0 Å². The third-order valence-electron chi connectivity index (χ3n) is 4.16. The summed E-state index contributed by atoms with van der Waals surface area (Å²) in [5.41, 5.74) is 0.497. The number of nitrogens with one attached hydrogen (secondary N) is 1. The zero-order valence-electron chi connectivity index (χ0n) is 15.0. The smallest absolute Gasteiger partial charge is 0.220 e. The molecule has 0 radical (unpaired) electrons. The Balaban J connectivity index is 1.80. The number of rotatable bonds is 8. The first-order chi connectivity index (χ1) is 11.8. The minimum absolute atomic E-state index is 0.0260. The van der Waals surface area contributed by atoms with E-state index in [1.54, 1.807) is 38.1 Å². The lowest BCUT2D eigenvalue weighted by Crippen LogP contribution is -2.38. The summed E-state index contributed by atoms with van der Waals surface area (Å²) in [6.07, 6.45) is 1.15. The van der Waals surface area contributed by atoms with Crippen LogP contribution in [0.25, 0.3) is 0 Å². The first-order valence-electron chi connectivity index (χ1n) is 8.50. The molecule has 1 aromatic heterocycles. The Labute approximate surface area is 148 Å². The minimum atomic E-state index is -1.29. The van der Waals surface area contributed by atoms with Gasteiger partial charge in [0.2, 0.25) is 5.91 Å². The minimum Gasteiger partial charge on any atom is -0.463 e. The van der Waals surface area contributed by atoms with Gasteiger partial charge in [0.1, 0.15) is 17.1 Å². The quantitative estimate of drug-likeness (QED) is 0.722. The number of hydrogen-bond donors (Lipinski definition) is 2. The molecule has 0 bridgehead atoms. The lowest BCUT2D eigenvalue weighted by atomic mass is 10.0. The molecule has 0 saturated carbocycles. The van der Waals surface area contributed by atoms with Gasteiger partial charge in [0, 0.05) is 18.4 Å². The number of amides is 1. The SMILES string of the molecule is CCc1ccc(C(=O)CCC(=O)NCC(C)(O)c2ccc(C)o2)cc1. The van der Waals surface area contributed by atoms with Crippen molar-refractivity contribution in [3.63, 3.8) is 0 Å². The number of aryl methyl sites for hydroxylation is 2. The second-order valence-corrected chi connectivity index (χ2v) is 6.43. The zero-order chi connectivity index (χ0) is 18.4. The molecule has 1 heterocycles. The molecule has 0 aliphatic carbocycles. The maximum atomic E-state index is 12.1. The van der Waals surface area contributed by atoms with Gasteiger partial charge in [0.05, 0.1) is 6.54 Å². The van der Waals surface area contributed by atoms with Crippen LogP contribution in [0, 0.1) is 6.92 Å². The van der Waals surface area contributed by atoms with Gasteiger partial charge < -0.3 is 14.8 Å². The molecule has 25 heavy (non-hydrogen) atoms. The van der Waals surface area contributed by atoms with Crippen molar-refractivity contribution in [3.8, 4) is 0 Å². The predicted octanol–water partition coefficient (Wildman–Crippen LogP) is 3.14. The van der Waals surface area contributed by atoms with Crippen LogP contribution >= 0.6 is 0 Å². The van der Waals surface area contributed by atoms with Crippen molar-refractivity contribution in [2.24, 2.45) is 0 Å². The molecule has 1 atom stereocenters. The Kier molecular flexibility index (Phi) is 6.15. The normalized spacial score (nSPS) is 13.3. The molecule has 1 amide bonds. The number of aliphatic hydroxyl groups is 1. The molecule has 0 saturated heterocycles. The van der Waals surface area contributed by atoms with Crippen LogP contribution in [0.4, 0.5) is 0 Å². The molecular weight excluding hydrogens is 318 g/mol. The number of furan rings is 1. The number of Topliss-reactive ketones (excluding diaryl/α,β-unsaturated/α-hetero) is 1. The van der Waals surface area contributed by atoms with Crippen molar-refractivity contribution < 1.29 is 19.1 Å². The summed E-state index contributed by atoms with van der Waals surface area (Å²) in [5.74, 6) is 0.756. The molecule has 0 aliphatic heterocycles. The molecule has 2 aromatic rings. The summed E-state index contributed by atoms with van der Waals surface area (Å²) in [5, 5.41) is 13.0. The van der Waals surface area contributed by atoms with Crippen LogP contribution < -0.4 is 5.32 Å². The first kappa shape index (κ1) is 18.9. The standard InChI is InChI=1S/C20H25NO4/c1-4-15-6-8-16(9-7-15)17(22)10-12-19(23)21-13-20(3,24)18-11-5-14(2)25-18/h5-9,11,24H,4,10,12-13H2,1-3H3,(H,21,23). The number of hydrogen-bond acceptors (Lipinski definition) is 4. The van der Waals surface area contributed by atoms with Crippen molar-refractivity contribution in [2.45, 2.75) is 45.6 Å². The maximum Gasteiger partial charge on any atom is 0.220 e. The van der Waals surface area contributed by atoms with Crippen LogP contribution in [0.3, 0.4) is 0 Å². The average molecular weight is 343 g/mol. The summed E-state index contributed by atoms with van der Waals surface area (Å²) in [7, 11) is 0. The third-order valence-corrected chi connectivity index (χ3v) is 4.16. The Hall–Kier alpha value is -2.40. The van der Waals surface area contributed by atoms with E-state index in [0.717, 1.165) is 6.42 Å². The lowest BCUT2D eigenvalue weighted by Gasteiger charge is -2.21.